The zero-order valence-corrected chi connectivity index (χ0v) is 14.8. The van der Waals surface area contributed by atoms with Crippen LogP contribution in [0.4, 0.5) is 4.39 Å². The first-order valence-corrected chi connectivity index (χ1v) is 8.08. The minimum atomic E-state index is -0.311. The van der Waals surface area contributed by atoms with Gasteiger partial charge in [0.25, 0.3) is 0 Å². The standard InChI is InChI=1S/C17H15BrClFO3/c1-22-16(21)6-5-11-8-14(18)17(15(19)9-11)23-10-12-3-2-4-13(20)7-12/h2-4,7-9H,5-6,10H2,1H3. The van der Waals surface area contributed by atoms with Crippen molar-refractivity contribution in [3.05, 3.63) is 62.8 Å². The predicted molar refractivity (Wildman–Crippen MR) is 90.2 cm³/mol. The Morgan fingerprint density at radius 1 is 1.26 bits per heavy atom. The number of hydrogen-bond acceptors (Lipinski definition) is 3. The van der Waals surface area contributed by atoms with E-state index in [2.05, 4.69) is 20.7 Å². The summed E-state index contributed by atoms with van der Waals surface area (Å²) in [5.74, 6) is -0.101. The average molecular weight is 402 g/mol. The number of rotatable bonds is 6. The highest BCUT2D eigenvalue weighted by Gasteiger charge is 2.11. The first kappa shape index (κ1) is 17.8. The van der Waals surface area contributed by atoms with Crippen LogP contribution >= 0.6 is 27.5 Å². The Balaban J connectivity index is 2.06. The van der Waals surface area contributed by atoms with Crippen LogP contribution in [-0.2, 0) is 22.6 Å². The molecule has 0 aliphatic heterocycles. The Morgan fingerprint density at radius 2 is 2.04 bits per heavy atom. The number of carbonyl (C=O) groups excluding carboxylic acids is 1. The van der Waals surface area contributed by atoms with E-state index >= 15 is 0 Å². The topological polar surface area (TPSA) is 35.5 Å². The third kappa shape index (κ3) is 5.22. The third-order valence-corrected chi connectivity index (χ3v) is 4.05. The molecule has 6 heteroatoms. The van der Waals surface area contributed by atoms with Crippen LogP contribution in [0, 0.1) is 5.82 Å². The van der Waals surface area contributed by atoms with E-state index in [9.17, 15) is 9.18 Å². The summed E-state index contributed by atoms with van der Waals surface area (Å²) in [6.07, 6.45) is 0.804. The first-order chi connectivity index (χ1) is 11.0. The van der Waals surface area contributed by atoms with Crippen LogP contribution in [-0.4, -0.2) is 13.1 Å². The lowest BCUT2D eigenvalue weighted by Gasteiger charge is -2.12. The Kier molecular flexibility index (Phi) is 6.42. The van der Waals surface area contributed by atoms with Crippen LogP contribution < -0.4 is 4.74 Å². The van der Waals surface area contributed by atoms with Crippen LogP contribution in [0.1, 0.15) is 17.5 Å². The van der Waals surface area contributed by atoms with E-state index in [1.807, 2.05) is 6.07 Å². The van der Waals surface area contributed by atoms with Gasteiger partial charge >= 0.3 is 5.97 Å². The molecule has 0 spiro atoms. The van der Waals surface area contributed by atoms with Gasteiger partial charge in [-0.25, -0.2) is 4.39 Å². The predicted octanol–water partition coefficient (Wildman–Crippen LogP) is 4.93. The zero-order valence-electron chi connectivity index (χ0n) is 12.4. The summed E-state index contributed by atoms with van der Waals surface area (Å²) >= 11 is 9.65. The molecule has 0 atom stereocenters. The fourth-order valence-electron chi connectivity index (χ4n) is 2.03. The molecule has 2 aromatic carbocycles. The highest BCUT2D eigenvalue weighted by molar-refractivity contribution is 9.10. The molecule has 0 saturated carbocycles. The number of benzene rings is 2. The number of ether oxygens (including phenoxy) is 2. The summed E-state index contributed by atoms with van der Waals surface area (Å²) in [5, 5.41) is 0.427. The summed E-state index contributed by atoms with van der Waals surface area (Å²) in [4.78, 5) is 11.2. The first-order valence-electron chi connectivity index (χ1n) is 6.91. The molecule has 3 nitrogen and oxygen atoms in total. The van der Waals surface area contributed by atoms with Crippen LogP contribution in [0.2, 0.25) is 5.02 Å². The Morgan fingerprint density at radius 3 is 2.70 bits per heavy atom. The lowest BCUT2D eigenvalue weighted by Crippen LogP contribution is -2.02. The van der Waals surface area contributed by atoms with E-state index < -0.39 is 0 Å². The second-order valence-corrected chi connectivity index (χ2v) is 6.14. The zero-order chi connectivity index (χ0) is 16.8. The summed E-state index contributed by atoms with van der Waals surface area (Å²) in [6, 6.07) is 9.77. The molecular weight excluding hydrogens is 387 g/mol. The largest absolute Gasteiger partial charge is 0.486 e. The van der Waals surface area contributed by atoms with E-state index in [1.54, 1.807) is 18.2 Å². The molecule has 0 aliphatic rings. The molecule has 23 heavy (non-hydrogen) atoms. The molecule has 0 amide bonds. The average Bonchev–Trinajstić information content (AvgIpc) is 2.51. The molecule has 2 rings (SSSR count). The van der Waals surface area contributed by atoms with E-state index in [1.165, 1.54) is 19.2 Å². The van der Waals surface area contributed by atoms with Crippen molar-refractivity contribution in [2.24, 2.45) is 0 Å². The van der Waals surface area contributed by atoms with Gasteiger partial charge in [0, 0.05) is 6.42 Å². The van der Waals surface area contributed by atoms with Gasteiger partial charge < -0.3 is 9.47 Å². The van der Waals surface area contributed by atoms with Crippen LogP contribution in [0.25, 0.3) is 0 Å². The van der Waals surface area contributed by atoms with Crippen molar-refractivity contribution in [3.63, 3.8) is 0 Å². The molecule has 0 heterocycles. The van der Waals surface area contributed by atoms with Crippen molar-refractivity contribution < 1.29 is 18.7 Å². The van der Waals surface area contributed by atoms with Gasteiger partial charge in [-0.3, -0.25) is 4.79 Å². The molecule has 0 fully saturated rings. The fourth-order valence-corrected chi connectivity index (χ4v) is 3.06. The Bertz CT molecular complexity index is 683. The summed E-state index contributed by atoms with van der Waals surface area (Å²) in [6.45, 7) is 0.206. The van der Waals surface area contributed by atoms with Crippen molar-refractivity contribution in [1.29, 1.82) is 0 Å². The maximum absolute atomic E-state index is 13.2. The van der Waals surface area contributed by atoms with Gasteiger partial charge in [-0.2, -0.15) is 0 Å². The number of halogens is 3. The van der Waals surface area contributed by atoms with E-state index in [0.717, 1.165) is 5.56 Å². The second kappa shape index (κ2) is 8.31. The maximum Gasteiger partial charge on any atom is 0.305 e. The maximum atomic E-state index is 13.2. The molecule has 0 bridgehead atoms. The van der Waals surface area contributed by atoms with Crippen LogP contribution in [0.5, 0.6) is 5.75 Å². The van der Waals surface area contributed by atoms with Gasteiger partial charge in [0.2, 0.25) is 0 Å². The van der Waals surface area contributed by atoms with Crippen molar-refractivity contribution in [1.82, 2.24) is 0 Å². The highest BCUT2D eigenvalue weighted by atomic mass is 79.9. The molecular formula is C17H15BrClFO3. The van der Waals surface area contributed by atoms with Crippen LogP contribution in [0.15, 0.2) is 40.9 Å². The number of hydrogen-bond donors (Lipinski definition) is 0. The molecule has 0 saturated heterocycles. The van der Waals surface area contributed by atoms with Gasteiger partial charge in [0.1, 0.15) is 12.4 Å². The smallest absolute Gasteiger partial charge is 0.305 e. The van der Waals surface area contributed by atoms with Gasteiger partial charge in [0.15, 0.2) is 5.75 Å². The van der Waals surface area contributed by atoms with Gasteiger partial charge in [-0.1, -0.05) is 23.7 Å². The van der Waals surface area contributed by atoms with Gasteiger partial charge in [-0.15, -0.1) is 0 Å². The molecule has 0 aliphatic carbocycles. The normalized spacial score (nSPS) is 10.4. The number of carbonyl (C=O) groups is 1. The minimum absolute atomic E-state index is 0.206. The molecule has 0 radical (unpaired) electrons. The molecule has 0 N–H and O–H groups in total. The molecule has 2 aromatic rings. The number of methoxy groups -OCH3 is 1. The van der Waals surface area contributed by atoms with E-state index in [-0.39, 0.29) is 24.8 Å². The van der Waals surface area contributed by atoms with Gasteiger partial charge in [-0.05, 0) is 57.7 Å². The fraction of sp³-hybridized carbons (Fsp3) is 0.235. The summed E-state index contributed by atoms with van der Waals surface area (Å²) < 4.78 is 24.1. The number of esters is 1. The summed E-state index contributed by atoms with van der Waals surface area (Å²) in [5.41, 5.74) is 1.60. The molecule has 0 unspecified atom stereocenters. The second-order valence-electron chi connectivity index (χ2n) is 4.88. The minimum Gasteiger partial charge on any atom is -0.486 e. The SMILES string of the molecule is COC(=O)CCc1cc(Cl)c(OCc2cccc(F)c2)c(Br)c1. The third-order valence-electron chi connectivity index (χ3n) is 3.18. The van der Waals surface area contributed by atoms with Crippen LogP contribution in [0.3, 0.4) is 0 Å². The molecule has 122 valence electrons. The Labute approximate surface area is 147 Å². The lowest BCUT2D eigenvalue weighted by atomic mass is 10.1. The lowest BCUT2D eigenvalue weighted by molar-refractivity contribution is -0.140. The number of aryl methyl sites for hydroxylation is 1. The van der Waals surface area contributed by atoms with E-state index in [4.69, 9.17) is 16.3 Å². The van der Waals surface area contributed by atoms with Gasteiger partial charge in [0.05, 0.1) is 16.6 Å². The van der Waals surface area contributed by atoms with Crippen molar-refractivity contribution in [2.75, 3.05) is 7.11 Å². The summed E-state index contributed by atoms with van der Waals surface area (Å²) in [7, 11) is 1.36. The highest BCUT2D eigenvalue weighted by Crippen LogP contribution is 2.35. The Hall–Kier alpha value is -1.59. The monoisotopic (exact) mass is 400 g/mol. The molecule has 0 aromatic heterocycles. The van der Waals surface area contributed by atoms with Crippen molar-refractivity contribution in [2.45, 2.75) is 19.4 Å². The quantitative estimate of drug-likeness (QED) is 0.644. The van der Waals surface area contributed by atoms with E-state index in [0.29, 0.717) is 27.2 Å². The van der Waals surface area contributed by atoms with Crippen molar-refractivity contribution >= 4 is 33.5 Å². The van der Waals surface area contributed by atoms with Crippen molar-refractivity contribution in [3.8, 4) is 5.75 Å².